The molecule has 1 aliphatic rings. The van der Waals surface area contributed by atoms with Crippen LogP contribution in [-0.4, -0.2) is 29.3 Å². The van der Waals surface area contributed by atoms with Crippen LogP contribution in [0.5, 0.6) is 0 Å². The van der Waals surface area contributed by atoms with Gasteiger partial charge in [0.05, 0.1) is 6.20 Å². The molecule has 0 radical (unpaired) electrons. The molecule has 3 nitrogen and oxygen atoms in total. The van der Waals surface area contributed by atoms with E-state index in [9.17, 15) is 4.39 Å². The van der Waals surface area contributed by atoms with Gasteiger partial charge in [-0.25, -0.2) is 9.37 Å². The zero-order valence-corrected chi connectivity index (χ0v) is 9.27. The maximum Gasteiger partial charge on any atom is 0.141 e. The third-order valence-electron chi connectivity index (χ3n) is 3.08. The zero-order chi connectivity index (χ0) is 11.4. The fourth-order valence-electron chi connectivity index (χ4n) is 1.96. The van der Waals surface area contributed by atoms with Gasteiger partial charge >= 0.3 is 0 Å². The van der Waals surface area contributed by atoms with E-state index in [-0.39, 0.29) is 12.4 Å². The number of aliphatic hydroxyl groups is 1. The molecule has 0 saturated heterocycles. The van der Waals surface area contributed by atoms with Crippen LogP contribution in [0.25, 0.3) is 0 Å². The second-order valence-corrected chi connectivity index (χ2v) is 4.19. The zero-order valence-electron chi connectivity index (χ0n) is 9.27. The number of hydrogen-bond acceptors (Lipinski definition) is 3. The van der Waals surface area contributed by atoms with Crippen LogP contribution in [0.4, 0.5) is 10.2 Å². The van der Waals surface area contributed by atoms with E-state index < -0.39 is 0 Å². The van der Waals surface area contributed by atoms with Crippen molar-refractivity contribution in [3.63, 3.8) is 0 Å². The Morgan fingerprint density at radius 1 is 1.44 bits per heavy atom. The lowest BCUT2D eigenvalue weighted by Gasteiger charge is -2.38. The standard InChI is InChI=1S/C12H17FN2O/c13-10-5-6-12(14-9-10)15(7-2-8-16)11-3-1-4-11/h5-6,9,11,16H,1-4,7-8H2. The molecular weight excluding hydrogens is 207 g/mol. The summed E-state index contributed by atoms with van der Waals surface area (Å²) in [5, 5.41) is 8.87. The molecule has 1 N–H and O–H groups in total. The number of aliphatic hydroxyl groups excluding tert-OH is 1. The normalized spacial score (nSPS) is 15.9. The van der Waals surface area contributed by atoms with Gasteiger partial charge in [0.1, 0.15) is 11.6 Å². The number of aromatic nitrogens is 1. The van der Waals surface area contributed by atoms with Gasteiger partial charge in [-0.2, -0.15) is 0 Å². The van der Waals surface area contributed by atoms with Gasteiger partial charge in [0.2, 0.25) is 0 Å². The van der Waals surface area contributed by atoms with Crippen molar-refractivity contribution in [3.05, 3.63) is 24.1 Å². The summed E-state index contributed by atoms with van der Waals surface area (Å²) >= 11 is 0. The highest BCUT2D eigenvalue weighted by Crippen LogP contribution is 2.28. The molecule has 0 amide bonds. The van der Waals surface area contributed by atoms with Gasteiger partial charge in [0.15, 0.2) is 0 Å². The number of hydrogen-bond donors (Lipinski definition) is 1. The van der Waals surface area contributed by atoms with E-state index in [1.807, 2.05) is 0 Å². The summed E-state index contributed by atoms with van der Waals surface area (Å²) in [4.78, 5) is 6.28. The summed E-state index contributed by atoms with van der Waals surface area (Å²) < 4.78 is 12.8. The van der Waals surface area contributed by atoms with Crippen molar-refractivity contribution in [2.75, 3.05) is 18.1 Å². The van der Waals surface area contributed by atoms with Crippen LogP contribution in [0.1, 0.15) is 25.7 Å². The molecule has 0 bridgehead atoms. The molecule has 0 aromatic carbocycles. The number of pyridine rings is 1. The number of anilines is 1. The van der Waals surface area contributed by atoms with E-state index in [0.29, 0.717) is 6.04 Å². The molecule has 1 fully saturated rings. The molecule has 0 spiro atoms. The lowest BCUT2D eigenvalue weighted by Crippen LogP contribution is -2.41. The molecule has 0 unspecified atom stereocenters. The molecule has 1 heterocycles. The summed E-state index contributed by atoms with van der Waals surface area (Å²) in [6.07, 6.45) is 5.58. The van der Waals surface area contributed by atoms with Crippen LogP contribution in [0.2, 0.25) is 0 Å². The van der Waals surface area contributed by atoms with E-state index in [4.69, 9.17) is 5.11 Å². The highest BCUT2D eigenvalue weighted by atomic mass is 19.1. The first-order chi connectivity index (χ1) is 7.81. The van der Waals surface area contributed by atoms with Crippen LogP contribution in [0.3, 0.4) is 0 Å². The fourth-order valence-corrected chi connectivity index (χ4v) is 1.96. The van der Waals surface area contributed by atoms with E-state index >= 15 is 0 Å². The van der Waals surface area contributed by atoms with Crippen LogP contribution in [0, 0.1) is 5.82 Å². The summed E-state index contributed by atoms with van der Waals surface area (Å²) in [7, 11) is 0. The largest absolute Gasteiger partial charge is 0.396 e. The van der Waals surface area contributed by atoms with Gasteiger partial charge in [-0.1, -0.05) is 0 Å². The Balaban J connectivity index is 2.07. The minimum Gasteiger partial charge on any atom is -0.396 e. The van der Waals surface area contributed by atoms with Gasteiger partial charge in [0, 0.05) is 19.2 Å². The smallest absolute Gasteiger partial charge is 0.141 e. The van der Waals surface area contributed by atoms with E-state index in [2.05, 4.69) is 9.88 Å². The average molecular weight is 224 g/mol. The van der Waals surface area contributed by atoms with Gasteiger partial charge in [0.25, 0.3) is 0 Å². The molecule has 0 atom stereocenters. The Labute approximate surface area is 94.9 Å². The summed E-state index contributed by atoms with van der Waals surface area (Å²) in [6, 6.07) is 3.67. The van der Waals surface area contributed by atoms with Gasteiger partial charge in [-0.15, -0.1) is 0 Å². The van der Waals surface area contributed by atoms with Crippen molar-refractivity contribution in [1.29, 1.82) is 0 Å². The third-order valence-corrected chi connectivity index (χ3v) is 3.08. The average Bonchev–Trinajstić information content (AvgIpc) is 2.23. The lowest BCUT2D eigenvalue weighted by atomic mass is 9.91. The molecule has 88 valence electrons. The summed E-state index contributed by atoms with van der Waals surface area (Å²) in [5.41, 5.74) is 0. The maximum absolute atomic E-state index is 12.8. The first-order valence-electron chi connectivity index (χ1n) is 5.80. The van der Waals surface area contributed by atoms with Gasteiger partial charge in [-0.05, 0) is 37.8 Å². The first kappa shape index (κ1) is 11.3. The molecule has 1 saturated carbocycles. The van der Waals surface area contributed by atoms with Crippen LogP contribution < -0.4 is 4.90 Å². The number of nitrogens with zero attached hydrogens (tertiary/aromatic N) is 2. The van der Waals surface area contributed by atoms with Crippen molar-refractivity contribution < 1.29 is 9.50 Å². The van der Waals surface area contributed by atoms with Crippen molar-refractivity contribution in [3.8, 4) is 0 Å². The van der Waals surface area contributed by atoms with Gasteiger partial charge in [-0.3, -0.25) is 0 Å². The Hall–Kier alpha value is -1.16. The van der Waals surface area contributed by atoms with E-state index in [1.165, 1.54) is 31.5 Å². The minimum absolute atomic E-state index is 0.185. The minimum atomic E-state index is -0.306. The second kappa shape index (κ2) is 5.25. The van der Waals surface area contributed by atoms with Crippen molar-refractivity contribution >= 4 is 5.82 Å². The highest BCUT2D eigenvalue weighted by molar-refractivity contribution is 5.40. The Bertz CT molecular complexity index is 324. The summed E-state index contributed by atoms with van der Waals surface area (Å²) in [5.74, 6) is 0.513. The maximum atomic E-state index is 12.8. The predicted molar refractivity (Wildman–Crippen MR) is 60.9 cm³/mol. The predicted octanol–water partition coefficient (Wildman–Crippen LogP) is 1.96. The molecule has 2 rings (SSSR count). The lowest BCUT2D eigenvalue weighted by molar-refractivity contribution is 0.282. The Morgan fingerprint density at radius 2 is 2.25 bits per heavy atom. The molecule has 0 aliphatic heterocycles. The van der Waals surface area contributed by atoms with E-state index in [0.717, 1.165) is 18.8 Å². The Morgan fingerprint density at radius 3 is 2.75 bits per heavy atom. The first-order valence-corrected chi connectivity index (χ1v) is 5.80. The molecule has 1 aromatic rings. The second-order valence-electron chi connectivity index (χ2n) is 4.19. The molecule has 1 aliphatic carbocycles. The molecular formula is C12H17FN2O. The number of rotatable bonds is 5. The highest BCUT2D eigenvalue weighted by Gasteiger charge is 2.25. The van der Waals surface area contributed by atoms with Crippen LogP contribution in [-0.2, 0) is 0 Å². The van der Waals surface area contributed by atoms with E-state index in [1.54, 1.807) is 6.07 Å². The van der Waals surface area contributed by atoms with Crippen molar-refractivity contribution in [1.82, 2.24) is 4.98 Å². The van der Waals surface area contributed by atoms with Crippen LogP contribution in [0.15, 0.2) is 18.3 Å². The summed E-state index contributed by atoms with van der Waals surface area (Å²) in [6.45, 7) is 0.976. The van der Waals surface area contributed by atoms with Gasteiger partial charge < -0.3 is 10.0 Å². The Kier molecular flexibility index (Phi) is 3.72. The van der Waals surface area contributed by atoms with Crippen molar-refractivity contribution in [2.24, 2.45) is 0 Å². The molecule has 1 aromatic heterocycles. The van der Waals surface area contributed by atoms with Crippen molar-refractivity contribution in [2.45, 2.75) is 31.7 Å². The SMILES string of the molecule is OCCCN(c1ccc(F)cn1)C1CCC1. The van der Waals surface area contributed by atoms with Crippen LogP contribution >= 0.6 is 0 Å². The molecule has 4 heteroatoms. The topological polar surface area (TPSA) is 36.4 Å². The third kappa shape index (κ3) is 2.50. The molecule has 16 heavy (non-hydrogen) atoms. The fraction of sp³-hybridized carbons (Fsp3) is 0.583. The number of halogens is 1. The quantitative estimate of drug-likeness (QED) is 0.830. The monoisotopic (exact) mass is 224 g/mol.